The van der Waals surface area contributed by atoms with Gasteiger partial charge in [0, 0.05) is 32.4 Å². The fourth-order valence-electron chi connectivity index (χ4n) is 4.29. The van der Waals surface area contributed by atoms with Crippen molar-refractivity contribution < 1.29 is 14.3 Å². The van der Waals surface area contributed by atoms with Crippen LogP contribution in [0.5, 0.6) is 5.75 Å². The van der Waals surface area contributed by atoms with Gasteiger partial charge in [0.15, 0.2) is 0 Å². The Morgan fingerprint density at radius 3 is 2.68 bits per heavy atom. The highest BCUT2D eigenvalue weighted by Crippen LogP contribution is 2.39. The van der Waals surface area contributed by atoms with E-state index in [-0.39, 0.29) is 11.4 Å². The van der Waals surface area contributed by atoms with Crippen LogP contribution < -0.4 is 10.1 Å². The minimum atomic E-state index is -0.0553. The summed E-state index contributed by atoms with van der Waals surface area (Å²) in [5, 5.41) is 7.62. The summed E-state index contributed by atoms with van der Waals surface area (Å²) in [5.41, 5.74) is 1.95. The van der Waals surface area contributed by atoms with Crippen molar-refractivity contribution in [3.63, 3.8) is 0 Å². The summed E-state index contributed by atoms with van der Waals surface area (Å²) in [6.07, 6.45) is 4.31. The van der Waals surface area contributed by atoms with Crippen LogP contribution in [0, 0.1) is 12.3 Å². The molecule has 1 aromatic heterocycles. The highest BCUT2D eigenvalue weighted by Gasteiger charge is 2.38. The Morgan fingerprint density at radius 1 is 1.21 bits per heavy atom. The molecule has 7 nitrogen and oxygen atoms in total. The van der Waals surface area contributed by atoms with Gasteiger partial charge in [-0.2, -0.15) is 5.10 Å². The second kappa shape index (κ2) is 7.83. The molecule has 1 N–H and O–H groups in total. The SMILES string of the molecule is COc1ccc(-n2nc(C)cc2NC(=O)N2CCCC3(CCOCC3)C2)cc1. The third kappa shape index (κ3) is 3.85. The normalized spacial score (nSPS) is 18.9. The smallest absolute Gasteiger partial charge is 0.323 e. The van der Waals surface area contributed by atoms with Crippen LogP contribution in [0.15, 0.2) is 30.3 Å². The maximum Gasteiger partial charge on any atom is 0.323 e. The molecule has 2 aromatic rings. The third-order valence-electron chi connectivity index (χ3n) is 5.89. The molecular weight excluding hydrogens is 356 g/mol. The monoisotopic (exact) mass is 384 g/mol. The lowest BCUT2D eigenvalue weighted by Crippen LogP contribution is -2.49. The summed E-state index contributed by atoms with van der Waals surface area (Å²) < 4.78 is 12.5. The largest absolute Gasteiger partial charge is 0.497 e. The molecule has 0 bridgehead atoms. The van der Waals surface area contributed by atoms with Gasteiger partial charge in [-0.25, -0.2) is 9.48 Å². The summed E-state index contributed by atoms with van der Waals surface area (Å²) in [5.74, 6) is 1.47. The fraction of sp³-hybridized carbons (Fsp3) is 0.524. The molecular formula is C21H28N4O3. The Balaban J connectivity index is 1.50. The lowest BCUT2D eigenvalue weighted by Gasteiger charge is -2.44. The molecule has 0 unspecified atom stereocenters. The molecule has 4 rings (SSSR count). The lowest BCUT2D eigenvalue weighted by molar-refractivity contribution is -0.0175. The minimum Gasteiger partial charge on any atom is -0.497 e. The molecule has 28 heavy (non-hydrogen) atoms. The Morgan fingerprint density at radius 2 is 1.96 bits per heavy atom. The van der Waals surface area contributed by atoms with Crippen molar-refractivity contribution in [3.8, 4) is 11.4 Å². The molecule has 0 saturated carbocycles. The van der Waals surface area contributed by atoms with Crippen molar-refractivity contribution in [1.29, 1.82) is 0 Å². The van der Waals surface area contributed by atoms with Gasteiger partial charge >= 0.3 is 6.03 Å². The van der Waals surface area contributed by atoms with Crippen LogP contribution in [0.25, 0.3) is 5.69 Å². The number of anilines is 1. The molecule has 0 atom stereocenters. The summed E-state index contributed by atoms with van der Waals surface area (Å²) in [6.45, 7) is 5.13. The van der Waals surface area contributed by atoms with E-state index in [1.807, 2.05) is 42.2 Å². The minimum absolute atomic E-state index is 0.0553. The van der Waals surface area contributed by atoms with Gasteiger partial charge in [0.05, 0.1) is 18.5 Å². The van der Waals surface area contributed by atoms with E-state index < -0.39 is 0 Å². The number of amides is 2. The zero-order valence-corrected chi connectivity index (χ0v) is 16.6. The van der Waals surface area contributed by atoms with Crippen molar-refractivity contribution in [2.75, 3.05) is 38.7 Å². The second-order valence-corrected chi connectivity index (χ2v) is 7.85. The standard InChI is InChI=1S/C21H28N4O3/c1-16-14-19(25(23-16)17-4-6-18(27-2)7-5-17)22-20(26)24-11-3-8-21(15-24)9-12-28-13-10-21/h4-7,14H,3,8-13,15H2,1-2H3,(H,22,26). The molecule has 2 aliphatic rings. The Labute approximate surface area is 165 Å². The Hall–Kier alpha value is -2.54. The number of nitrogens with zero attached hydrogens (tertiary/aromatic N) is 3. The summed E-state index contributed by atoms with van der Waals surface area (Å²) in [6, 6.07) is 9.48. The third-order valence-corrected chi connectivity index (χ3v) is 5.89. The molecule has 0 radical (unpaired) electrons. The maximum atomic E-state index is 13.0. The number of aryl methyl sites for hydroxylation is 1. The van der Waals surface area contributed by atoms with Gasteiger partial charge in [-0.1, -0.05) is 0 Å². The van der Waals surface area contributed by atoms with E-state index in [0.29, 0.717) is 5.82 Å². The van der Waals surface area contributed by atoms with Crippen LogP contribution in [0.1, 0.15) is 31.4 Å². The van der Waals surface area contributed by atoms with Crippen LogP contribution in [-0.4, -0.2) is 54.1 Å². The molecule has 2 saturated heterocycles. The number of methoxy groups -OCH3 is 1. The van der Waals surface area contributed by atoms with Gasteiger partial charge in [0.1, 0.15) is 11.6 Å². The van der Waals surface area contributed by atoms with E-state index in [2.05, 4.69) is 10.4 Å². The quantitative estimate of drug-likeness (QED) is 0.878. The zero-order valence-electron chi connectivity index (χ0n) is 16.6. The summed E-state index contributed by atoms with van der Waals surface area (Å²) in [4.78, 5) is 15.0. The Bertz CT molecular complexity index is 819. The molecule has 1 aromatic carbocycles. The van der Waals surface area contributed by atoms with Gasteiger partial charge < -0.3 is 14.4 Å². The molecule has 150 valence electrons. The number of urea groups is 1. The van der Waals surface area contributed by atoms with Crippen LogP contribution in [0.4, 0.5) is 10.6 Å². The highest BCUT2D eigenvalue weighted by molar-refractivity contribution is 5.89. The second-order valence-electron chi connectivity index (χ2n) is 7.85. The van der Waals surface area contributed by atoms with Crippen LogP contribution in [0.2, 0.25) is 0 Å². The predicted molar refractivity (Wildman–Crippen MR) is 107 cm³/mol. The Kier molecular flexibility index (Phi) is 5.26. The number of carbonyl (C=O) groups excluding carboxylic acids is 1. The van der Waals surface area contributed by atoms with Crippen LogP contribution >= 0.6 is 0 Å². The van der Waals surface area contributed by atoms with Crippen molar-refractivity contribution in [1.82, 2.24) is 14.7 Å². The highest BCUT2D eigenvalue weighted by atomic mass is 16.5. The molecule has 3 heterocycles. The number of aromatic nitrogens is 2. The van der Waals surface area contributed by atoms with Gasteiger partial charge in [-0.3, -0.25) is 5.32 Å². The zero-order chi connectivity index (χ0) is 19.6. The van der Waals surface area contributed by atoms with E-state index in [0.717, 1.165) is 62.7 Å². The number of nitrogens with one attached hydrogen (secondary N) is 1. The average Bonchev–Trinajstić information content (AvgIpc) is 3.08. The van der Waals surface area contributed by atoms with Crippen LogP contribution in [0.3, 0.4) is 0 Å². The number of likely N-dealkylation sites (tertiary alicyclic amines) is 1. The molecule has 0 aliphatic carbocycles. The first-order valence-electron chi connectivity index (χ1n) is 9.93. The molecule has 2 aliphatic heterocycles. The van der Waals surface area contributed by atoms with E-state index in [1.165, 1.54) is 6.42 Å². The number of piperidine rings is 1. The number of hydrogen-bond acceptors (Lipinski definition) is 4. The number of hydrogen-bond donors (Lipinski definition) is 1. The van der Waals surface area contributed by atoms with Gasteiger partial charge in [0.2, 0.25) is 0 Å². The first-order valence-corrected chi connectivity index (χ1v) is 9.93. The number of carbonyl (C=O) groups is 1. The average molecular weight is 384 g/mol. The van der Waals surface area contributed by atoms with E-state index in [9.17, 15) is 4.79 Å². The lowest BCUT2D eigenvalue weighted by atomic mass is 9.74. The van der Waals surface area contributed by atoms with E-state index in [1.54, 1.807) is 11.8 Å². The fourth-order valence-corrected chi connectivity index (χ4v) is 4.29. The van der Waals surface area contributed by atoms with Crippen molar-refractivity contribution in [2.24, 2.45) is 5.41 Å². The molecule has 2 amide bonds. The molecule has 1 spiro atoms. The van der Waals surface area contributed by atoms with Gasteiger partial charge in [-0.15, -0.1) is 0 Å². The van der Waals surface area contributed by atoms with Crippen molar-refractivity contribution >= 4 is 11.8 Å². The van der Waals surface area contributed by atoms with E-state index >= 15 is 0 Å². The number of rotatable bonds is 3. The first kappa shape index (κ1) is 18.8. The summed E-state index contributed by atoms with van der Waals surface area (Å²) in [7, 11) is 1.64. The van der Waals surface area contributed by atoms with Gasteiger partial charge in [-0.05, 0) is 62.3 Å². The van der Waals surface area contributed by atoms with Crippen LogP contribution in [-0.2, 0) is 4.74 Å². The maximum absolute atomic E-state index is 13.0. The predicted octanol–water partition coefficient (Wildman–Crippen LogP) is 3.61. The first-order chi connectivity index (χ1) is 13.6. The van der Waals surface area contributed by atoms with Crippen molar-refractivity contribution in [2.45, 2.75) is 32.6 Å². The topological polar surface area (TPSA) is 68.6 Å². The molecule has 7 heteroatoms. The van der Waals surface area contributed by atoms with E-state index in [4.69, 9.17) is 9.47 Å². The van der Waals surface area contributed by atoms with Gasteiger partial charge in [0.25, 0.3) is 0 Å². The van der Waals surface area contributed by atoms with Crippen molar-refractivity contribution in [3.05, 3.63) is 36.0 Å². The number of ether oxygens (including phenoxy) is 2. The summed E-state index contributed by atoms with van der Waals surface area (Å²) >= 11 is 0. The number of benzene rings is 1. The molecule has 2 fully saturated rings.